The van der Waals surface area contributed by atoms with Gasteiger partial charge in [0, 0.05) is 6.54 Å². The van der Waals surface area contributed by atoms with Gasteiger partial charge in [-0.25, -0.2) is 0 Å². The third-order valence-electron chi connectivity index (χ3n) is 5.14. The summed E-state index contributed by atoms with van der Waals surface area (Å²) >= 11 is 0. The Morgan fingerprint density at radius 2 is 1.29 bits per heavy atom. The zero-order chi connectivity index (χ0) is 23.0. The summed E-state index contributed by atoms with van der Waals surface area (Å²) in [6.07, 6.45) is 32.1. The lowest BCUT2D eigenvalue weighted by Gasteiger charge is -2.28. The largest absolute Gasteiger partial charge is 0.388 e. The van der Waals surface area contributed by atoms with Crippen molar-refractivity contribution in [1.29, 1.82) is 0 Å². The normalized spacial score (nSPS) is 14.6. The van der Waals surface area contributed by atoms with Crippen LogP contribution in [0.15, 0.2) is 60.8 Å². The predicted molar refractivity (Wildman–Crippen MR) is 136 cm³/mol. The van der Waals surface area contributed by atoms with E-state index < -0.39 is 5.60 Å². The number of amides is 1. The molecule has 3 heteroatoms. The van der Waals surface area contributed by atoms with Crippen LogP contribution >= 0.6 is 0 Å². The fourth-order valence-corrected chi connectivity index (χ4v) is 3.15. The van der Waals surface area contributed by atoms with Gasteiger partial charge in [0.2, 0.25) is 5.91 Å². The van der Waals surface area contributed by atoms with Gasteiger partial charge in [0.05, 0.1) is 5.60 Å². The van der Waals surface area contributed by atoms with Crippen molar-refractivity contribution < 1.29 is 9.90 Å². The molecule has 0 aliphatic heterocycles. The maximum Gasteiger partial charge on any atom is 0.243 e. The molecule has 0 saturated heterocycles. The molecule has 1 unspecified atom stereocenters. The number of hydrogen-bond acceptors (Lipinski definition) is 2. The van der Waals surface area contributed by atoms with Gasteiger partial charge in [-0.2, -0.15) is 0 Å². The Bertz CT molecular complexity index is 572. The minimum Gasteiger partial charge on any atom is -0.388 e. The first-order valence-corrected chi connectivity index (χ1v) is 12.4. The molecule has 31 heavy (non-hydrogen) atoms. The molecule has 3 nitrogen and oxygen atoms in total. The number of unbranched alkanes of at least 4 members (excludes halogenated alkanes) is 6. The van der Waals surface area contributed by atoms with Gasteiger partial charge in [-0.15, -0.1) is 0 Å². The fraction of sp³-hybridized carbons (Fsp3) is 0.607. The first-order valence-electron chi connectivity index (χ1n) is 12.4. The lowest BCUT2D eigenvalue weighted by atomic mass is 9.90. The summed E-state index contributed by atoms with van der Waals surface area (Å²) in [6.45, 7) is 6.83. The molecule has 0 aliphatic carbocycles. The van der Waals surface area contributed by atoms with E-state index in [-0.39, 0.29) is 5.91 Å². The maximum absolute atomic E-state index is 12.1. The predicted octanol–water partition coefficient (Wildman–Crippen LogP) is 7.36. The molecule has 0 spiro atoms. The number of allylic oxidation sites excluding steroid dienone is 9. The van der Waals surface area contributed by atoms with Crippen LogP contribution < -0.4 is 5.32 Å². The van der Waals surface area contributed by atoms with E-state index in [2.05, 4.69) is 44.3 Å². The van der Waals surface area contributed by atoms with Crippen LogP contribution in [0.5, 0.6) is 0 Å². The highest BCUT2D eigenvalue weighted by Gasteiger charge is 2.25. The van der Waals surface area contributed by atoms with E-state index in [1.165, 1.54) is 19.3 Å². The highest BCUT2D eigenvalue weighted by molar-refractivity contribution is 5.87. The van der Waals surface area contributed by atoms with Crippen LogP contribution in [-0.2, 0) is 4.79 Å². The summed E-state index contributed by atoms with van der Waals surface area (Å²) in [7, 11) is 0. The van der Waals surface area contributed by atoms with Gasteiger partial charge in [0.15, 0.2) is 0 Å². The van der Waals surface area contributed by atoms with Gasteiger partial charge in [-0.05, 0) is 38.2 Å². The van der Waals surface area contributed by atoms with Gasteiger partial charge in [-0.1, -0.05) is 120 Å². The number of nitrogens with one attached hydrogen (secondary N) is 1. The fourth-order valence-electron chi connectivity index (χ4n) is 3.15. The van der Waals surface area contributed by atoms with Crippen LogP contribution in [0.2, 0.25) is 0 Å². The Morgan fingerprint density at radius 1 is 0.710 bits per heavy atom. The second kappa shape index (κ2) is 21.4. The first kappa shape index (κ1) is 29.1. The molecule has 0 aromatic carbocycles. The van der Waals surface area contributed by atoms with Crippen LogP contribution in [-0.4, -0.2) is 23.2 Å². The molecule has 0 saturated carbocycles. The highest BCUT2D eigenvalue weighted by Crippen LogP contribution is 2.21. The van der Waals surface area contributed by atoms with E-state index >= 15 is 0 Å². The van der Waals surface area contributed by atoms with E-state index in [0.29, 0.717) is 6.54 Å². The van der Waals surface area contributed by atoms with Crippen LogP contribution in [0.25, 0.3) is 0 Å². The minimum absolute atomic E-state index is 0.117. The molecule has 0 fully saturated rings. The monoisotopic (exact) mass is 429 g/mol. The number of carbonyl (C=O) groups is 1. The Kier molecular flexibility index (Phi) is 20.1. The number of aliphatic hydroxyl groups is 1. The van der Waals surface area contributed by atoms with Crippen molar-refractivity contribution in [2.45, 2.75) is 103 Å². The topological polar surface area (TPSA) is 49.3 Å². The van der Waals surface area contributed by atoms with Crippen molar-refractivity contribution in [3.8, 4) is 0 Å². The molecule has 0 aromatic heterocycles. The number of rotatable bonds is 19. The average Bonchev–Trinajstić information content (AvgIpc) is 2.77. The summed E-state index contributed by atoms with van der Waals surface area (Å²) in [4.78, 5) is 12.1. The summed E-state index contributed by atoms with van der Waals surface area (Å²) in [5.74, 6) is -0.117. The second-order valence-electron chi connectivity index (χ2n) is 8.25. The van der Waals surface area contributed by atoms with Gasteiger partial charge in [0.25, 0.3) is 0 Å². The zero-order valence-electron chi connectivity index (χ0n) is 20.3. The Morgan fingerprint density at radius 3 is 1.94 bits per heavy atom. The van der Waals surface area contributed by atoms with E-state index in [0.717, 1.165) is 57.8 Å². The zero-order valence-corrected chi connectivity index (χ0v) is 20.3. The van der Waals surface area contributed by atoms with Crippen molar-refractivity contribution >= 4 is 5.91 Å². The van der Waals surface area contributed by atoms with Crippen LogP contribution in [0.1, 0.15) is 97.8 Å². The Balaban J connectivity index is 4.13. The van der Waals surface area contributed by atoms with E-state index in [1.54, 1.807) is 6.08 Å². The van der Waals surface area contributed by atoms with Crippen molar-refractivity contribution in [2.75, 3.05) is 6.54 Å². The summed E-state index contributed by atoms with van der Waals surface area (Å²) in [5.41, 5.74) is -0.775. The molecule has 2 N–H and O–H groups in total. The lowest BCUT2D eigenvalue weighted by molar-refractivity contribution is -0.118. The molecule has 0 bridgehead atoms. The molecule has 176 valence electrons. The SMILES string of the molecule is CCCC=CC=CC=CC=CCCC=CC(=O)NCC(O)(CCCC)CCCCCC. The first-order chi connectivity index (χ1) is 15.1. The summed E-state index contributed by atoms with van der Waals surface area (Å²) in [5, 5.41) is 13.8. The molecule has 0 aliphatic rings. The quantitative estimate of drug-likeness (QED) is 0.128. The van der Waals surface area contributed by atoms with Gasteiger partial charge in [0.1, 0.15) is 0 Å². The highest BCUT2D eigenvalue weighted by atomic mass is 16.3. The molecule has 1 atom stereocenters. The van der Waals surface area contributed by atoms with E-state index in [9.17, 15) is 9.90 Å². The van der Waals surface area contributed by atoms with Crippen molar-refractivity contribution in [3.05, 3.63) is 60.8 Å². The smallest absolute Gasteiger partial charge is 0.243 e. The van der Waals surface area contributed by atoms with Crippen molar-refractivity contribution in [3.63, 3.8) is 0 Å². The molecule has 0 heterocycles. The maximum atomic E-state index is 12.1. The lowest BCUT2D eigenvalue weighted by Crippen LogP contribution is -2.42. The standard InChI is InChI=1S/C28H47NO2/c1-4-7-10-12-13-14-15-16-17-18-19-20-21-23-27(30)29-26-28(31,24-9-6-3)25-22-11-8-5-2/h10,12-18,21,23,31H,4-9,11,19-20,22,24-26H2,1-3H3,(H,29,30). The van der Waals surface area contributed by atoms with Crippen LogP contribution in [0.4, 0.5) is 0 Å². The second-order valence-corrected chi connectivity index (χ2v) is 8.25. The van der Waals surface area contributed by atoms with E-state index in [4.69, 9.17) is 0 Å². The summed E-state index contributed by atoms with van der Waals surface area (Å²) in [6, 6.07) is 0. The van der Waals surface area contributed by atoms with E-state index in [1.807, 2.05) is 36.5 Å². The van der Waals surface area contributed by atoms with Gasteiger partial charge >= 0.3 is 0 Å². The van der Waals surface area contributed by atoms with Crippen LogP contribution in [0, 0.1) is 0 Å². The van der Waals surface area contributed by atoms with Crippen molar-refractivity contribution in [2.24, 2.45) is 0 Å². The molecular formula is C28H47NO2. The molecule has 0 rings (SSSR count). The molecular weight excluding hydrogens is 382 g/mol. The Labute approximate surface area is 192 Å². The van der Waals surface area contributed by atoms with Crippen molar-refractivity contribution in [1.82, 2.24) is 5.32 Å². The third-order valence-corrected chi connectivity index (χ3v) is 5.14. The number of hydrogen-bond donors (Lipinski definition) is 2. The van der Waals surface area contributed by atoms with Crippen LogP contribution in [0.3, 0.4) is 0 Å². The van der Waals surface area contributed by atoms with Gasteiger partial charge < -0.3 is 10.4 Å². The third kappa shape index (κ3) is 19.8. The Hall–Kier alpha value is -1.87. The molecule has 0 radical (unpaired) electrons. The molecule has 0 aromatic rings. The average molecular weight is 430 g/mol. The minimum atomic E-state index is -0.775. The molecule has 1 amide bonds. The van der Waals surface area contributed by atoms with Gasteiger partial charge in [-0.3, -0.25) is 4.79 Å². The summed E-state index contributed by atoms with van der Waals surface area (Å²) < 4.78 is 0. The number of carbonyl (C=O) groups excluding carboxylic acids is 1.